The maximum absolute atomic E-state index is 12.7. The maximum atomic E-state index is 12.7. The number of thiocarbonyl (C=S) groups is 1. The van der Waals surface area contributed by atoms with E-state index in [1.807, 2.05) is 19.1 Å². The van der Waals surface area contributed by atoms with E-state index in [1.54, 1.807) is 42.7 Å². The Labute approximate surface area is 144 Å². The molecule has 2 amide bonds. The highest BCUT2D eigenvalue weighted by molar-refractivity contribution is 7.80. The van der Waals surface area contributed by atoms with Gasteiger partial charge in [0, 0.05) is 0 Å². The van der Waals surface area contributed by atoms with Crippen molar-refractivity contribution in [3.8, 4) is 0 Å². The fourth-order valence-electron chi connectivity index (χ4n) is 2.23. The van der Waals surface area contributed by atoms with Crippen LogP contribution >= 0.6 is 12.2 Å². The first-order valence-electron chi connectivity index (χ1n) is 7.24. The van der Waals surface area contributed by atoms with Crippen molar-refractivity contribution in [3.63, 3.8) is 0 Å². The number of nitrogens with one attached hydrogen (secondary N) is 1. The van der Waals surface area contributed by atoms with Crippen LogP contribution in [0.4, 0.5) is 5.69 Å². The van der Waals surface area contributed by atoms with Gasteiger partial charge in [0.05, 0.1) is 12.0 Å². The molecule has 2 heterocycles. The lowest BCUT2D eigenvalue weighted by atomic mass is 10.1. The summed E-state index contributed by atoms with van der Waals surface area (Å²) in [6.45, 7) is 1.95. The summed E-state index contributed by atoms with van der Waals surface area (Å²) in [6.07, 6.45) is 6.25. The van der Waals surface area contributed by atoms with Crippen molar-refractivity contribution in [2.45, 2.75) is 6.92 Å². The van der Waals surface area contributed by atoms with Crippen molar-refractivity contribution in [2.75, 3.05) is 4.90 Å². The molecule has 1 aliphatic heterocycles. The van der Waals surface area contributed by atoms with Gasteiger partial charge in [0.15, 0.2) is 5.11 Å². The van der Waals surface area contributed by atoms with Crippen molar-refractivity contribution in [3.05, 3.63) is 71.7 Å². The zero-order valence-corrected chi connectivity index (χ0v) is 13.7. The van der Waals surface area contributed by atoms with Crippen LogP contribution in [0.2, 0.25) is 0 Å². The fourth-order valence-corrected chi connectivity index (χ4v) is 2.51. The fraction of sp³-hybridized carbons (Fsp3) is 0.0556. The van der Waals surface area contributed by atoms with E-state index in [4.69, 9.17) is 16.6 Å². The first kappa shape index (κ1) is 15.9. The van der Waals surface area contributed by atoms with Crippen molar-refractivity contribution in [2.24, 2.45) is 0 Å². The van der Waals surface area contributed by atoms with E-state index in [9.17, 15) is 9.59 Å². The Bertz CT molecular complexity index is 849. The highest BCUT2D eigenvalue weighted by Crippen LogP contribution is 2.21. The predicted octanol–water partition coefficient (Wildman–Crippen LogP) is 2.98. The van der Waals surface area contributed by atoms with E-state index in [-0.39, 0.29) is 10.7 Å². The van der Waals surface area contributed by atoms with Gasteiger partial charge in [0.25, 0.3) is 11.8 Å². The minimum absolute atomic E-state index is 0.00646. The Balaban J connectivity index is 1.89. The average molecular weight is 338 g/mol. The van der Waals surface area contributed by atoms with Crippen LogP contribution in [0, 0.1) is 6.92 Å². The van der Waals surface area contributed by atoms with Gasteiger partial charge in [-0.3, -0.25) is 19.8 Å². The van der Waals surface area contributed by atoms with Crippen molar-refractivity contribution in [1.29, 1.82) is 0 Å². The standard InChI is InChI=1S/C18H14N2O3S/c1-12-7-9-13(10-8-12)20-17(22)15(16(21)19-18(20)24)6-2-4-14-5-3-11-23-14/h2-11H,1H3,(H,19,21,24). The quantitative estimate of drug-likeness (QED) is 0.531. The normalized spacial score (nSPS) is 17.0. The molecule has 0 radical (unpaired) electrons. The van der Waals surface area contributed by atoms with Gasteiger partial charge in [-0.1, -0.05) is 23.8 Å². The summed E-state index contributed by atoms with van der Waals surface area (Å²) >= 11 is 5.14. The van der Waals surface area contributed by atoms with Crippen LogP contribution in [-0.4, -0.2) is 16.9 Å². The second kappa shape index (κ2) is 6.64. The highest BCUT2D eigenvalue weighted by atomic mass is 32.1. The van der Waals surface area contributed by atoms with E-state index in [1.165, 1.54) is 11.0 Å². The predicted molar refractivity (Wildman–Crippen MR) is 95.2 cm³/mol. The molecule has 1 saturated heterocycles. The second-order valence-corrected chi connectivity index (χ2v) is 5.58. The molecule has 0 spiro atoms. The van der Waals surface area contributed by atoms with Crippen molar-refractivity contribution >= 4 is 40.9 Å². The number of rotatable bonds is 3. The number of benzene rings is 1. The zero-order chi connectivity index (χ0) is 17.1. The molecule has 0 bridgehead atoms. The van der Waals surface area contributed by atoms with Gasteiger partial charge < -0.3 is 4.42 Å². The molecular weight excluding hydrogens is 324 g/mol. The van der Waals surface area contributed by atoms with Crippen molar-refractivity contribution in [1.82, 2.24) is 5.32 Å². The number of hydrogen-bond acceptors (Lipinski definition) is 4. The molecule has 5 nitrogen and oxygen atoms in total. The summed E-state index contributed by atoms with van der Waals surface area (Å²) in [5.74, 6) is -0.351. The van der Waals surface area contributed by atoms with Gasteiger partial charge >= 0.3 is 0 Å². The Kier molecular flexibility index (Phi) is 4.39. The van der Waals surface area contributed by atoms with Crippen LogP contribution in [0.15, 0.2) is 64.8 Å². The van der Waals surface area contributed by atoms with Crippen LogP contribution in [0.1, 0.15) is 11.3 Å². The smallest absolute Gasteiger partial charge is 0.270 e. The Hall–Kier alpha value is -2.99. The zero-order valence-electron chi connectivity index (χ0n) is 12.9. The molecule has 0 atom stereocenters. The summed E-state index contributed by atoms with van der Waals surface area (Å²) in [5.41, 5.74) is 1.68. The van der Waals surface area contributed by atoms with Crippen LogP contribution in [-0.2, 0) is 9.59 Å². The van der Waals surface area contributed by atoms with Crippen LogP contribution < -0.4 is 10.2 Å². The Morgan fingerprint density at radius 1 is 1.17 bits per heavy atom. The number of nitrogens with zero attached hydrogens (tertiary/aromatic N) is 1. The molecule has 1 aromatic heterocycles. The summed E-state index contributed by atoms with van der Waals surface area (Å²) in [5, 5.41) is 2.61. The van der Waals surface area contributed by atoms with Crippen molar-refractivity contribution < 1.29 is 14.0 Å². The third-order valence-electron chi connectivity index (χ3n) is 3.46. The van der Waals surface area contributed by atoms with E-state index in [0.29, 0.717) is 11.4 Å². The first-order valence-corrected chi connectivity index (χ1v) is 7.65. The Morgan fingerprint density at radius 3 is 2.58 bits per heavy atom. The van der Waals surface area contributed by atoms with E-state index in [0.717, 1.165) is 5.56 Å². The van der Waals surface area contributed by atoms with Gasteiger partial charge in [-0.2, -0.15) is 0 Å². The summed E-state index contributed by atoms with van der Waals surface area (Å²) < 4.78 is 5.16. The average Bonchev–Trinajstić information content (AvgIpc) is 3.05. The first-order chi connectivity index (χ1) is 11.6. The lowest BCUT2D eigenvalue weighted by molar-refractivity contribution is -0.122. The Morgan fingerprint density at radius 2 is 1.92 bits per heavy atom. The second-order valence-electron chi connectivity index (χ2n) is 5.19. The number of allylic oxidation sites excluding steroid dienone is 2. The number of carbonyl (C=O) groups is 2. The largest absolute Gasteiger partial charge is 0.465 e. The molecule has 0 unspecified atom stereocenters. The number of hydrogen-bond donors (Lipinski definition) is 1. The van der Waals surface area contributed by atoms with E-state index in [2.05, 4.69) is 5.32 Å². The molecule has 1 aliphatic rings. The number of anilines is 1. The molecule has 1 N–H and O–H groups in total. The molecule has 1 aromatic carbocycles. The maximum Gasteiger partial charge on any atom is 0.270 e. The topological polar surface area (TPSA) is 62.6 Å². The number of furan rings is 1. The third kappa shape index (κ3) is 3.18. The van der Waals surface area contributed by atoms with Gasteiger partial charge in [-0.05, 0) is 55.6 Å². The van der Waals surface area contributed by atoms with Gasteiger partial charge in [-0.15, -0.1) is 0 Å². The summed E-state index contributed by atoms with van der Waals surface area (Å²) in [4.78, 5) is 26.1. The summed E-state index contributed by atoms with van der Waals surface area (Å²) in [7, 11) is 0. The molecule has 6 heteroatoms. The number of amides is 2. The monoisotopic (exact) mass is 338 g/mol. The highest BCUT2D eigenvalue weighted by Gasteiger charge is 2.33. The van der Waals surface area contributed by atoms with Crippen LogP contribution in [0.3, 0.4) is 0 Å². The molecule has 0 aliphatic carbocycles. The van der Waals surface area contributed by atoms with Gasteiger partial charge in [0.2, 0.25) is 0 Å². The molecule has 2 aromatic rings. The molecule has 0 saturated carbocycles. The van der Waals surface area contributed by atoms with E-state index >= 15 is 0 Å². The van der Waals surface area contributed by atoms with Gasteiger partial charge in [-0.25, -0.2) is 0 Å². The van der Waals surface area contributed by atoms with Crippen LogP contribution in [0.25, 0.3) is 6.08 Å². The lowest BCUT2D eigenvalue weighted by Crippen LogP contribution is -2.54. The lowest BCUT2D eigenvalue weighted by Gasteiger charge is -2.28. The molecule has 3 rings (SSSR count). The van der Waals surface area contributed by atoms with Gasteiger partial charge in [0.1, 0.15) is 11.3 Å². The van der Waals surface area contributed by atoms with Crippen LogP contribution in [0.5, 0.6) is 0 Å². The molecule has 1 fully saturated rings. The summed E-state index contributed by atoms with van der Waals surface area (Å²) in [6, 6.07) is 10.8. The molecular formula is C18H14N2O3S. The van der Waals surface area contributed by atoms with E-state index < -0.39 is 11.8 Å². The minimum atomic E-state index is -0.516. The third-order valence-corrected chi connectivity index (χ3v) is 3.75. The molecule has 24 heavy (non-hydrogen) atoms. The SMILES string of the molecule is Cc1ccc(N2C(=O)C(=CC=Cc3ccco3)C(=O)NC2=S)cc1. The minimum Gasteiger partial charge on any atom is -0.465 e. The molecule has 120 valence electrons. The number of carbonyl (C=O) groups excluding carboxylic acids is 2. The number of aryl methyl sites for hydroxylation is 1.